The number of carboxylic acid groups (broad SMARTS) is 2. The lowest BCUT2D eigenvalue weighted by molar-refractivity contribution is -0.135. The summed E-state index contributed by atoms with van der Waals surface area (Å²) in [5, 5.41) is 59.4. The van der Waals surface area contributed by atoms with Gasteiger partial charge in [0.05, 0.1) is 81.8 Å². The van der Waals surface area contributed by atoms with E-state index in [1.54, 1.807) is 12.1 Å². The van der Waals surface area contributed by atoms with Gasteiger partial charge in [0.15, 0.2) is 0 Å². The molecule has 54 heavy (non-hydrogen) atoms. The highest BCUT2D eigenvalue weighted by atomic mass is 31.2. The van der Waals surface area contributed by atoms with E-state index in [9.17, 15) is 60.4 Å². The quantitative estimate of drug-likeness (QED) is 0.0349. The van der Waals surface area contributed by atoms with E-state index in [-0.39, 0.29) is 56.6 Å². The van der Waals surface area contributed by atoms with Crippen LogP contribution in [0.2, 0.25) is 0 Å². The van der Waals surface area contributed by atoms with Gasteiger partial charge in [0.1, 0.15) is 0 Å². The van der Waals surface area contributed by atoms with Gasteiger partial charge in [-0.25, -0.2) is 30.6 Å². The highest BCUT2D eigenvalue weighted by Crippen LogP contribution is 2.55. The predicted molar refractivity (Wildman–Crippen MR) is 199 cm³/mol. The van der Waals surface area contributed by atoms with E-state index in [1.807, 2.05) is 0 Å². The normalized spacial score (nSPS) is 15.1. The molecule has 0 spiro atoms. The van der Waals surface area contributed by atoms with Crippen molar-refractivity contribution < 1.29 is 79.1 Å². The second-order valence-electron chi connectivity index (χ2n) is 10.9. The number of benzene rings is 4. The van der Waals surface area contributed by atoms with Crippen LogP contribution in [0.25, 0.3) is 0 Å². The molecule has 1 heterocycles. The Hall–Kier alpha value is -3.74. The molecule has 0 saturated carbocycles. The second kappa shape index (κ2) is 18.7. The van der Waals surface area contributed by atoms with Gasteiger partial charge in [0, 0.05) is 0 Å². The van der Waals surface area contributed by atoms with E-state index in [0.717, 1.165) is 0 Å². The zero-order chi connectivity index (χ0) is 39.1. The number of aromatic carboxylic acids is 2. The Balaban J connectivity index is 2.07. The van der Waals surface area contributed by atoms with E-state index < -0.39 is 70.6 Å². The molecule has 0 aromatic heterocycles. The maximum absolute atomic E-state index is 13.0. The molecule has 288 valence electrons. The number of para-hydroxylation sites is 6. The molecule has 0 fully saturated rings. The van der Waals surface area contributed by atoms with E-state index in [0.29, 0.717) is 0 Å². The molecule has 0 amide bonds. The number of hydrogen-bond donors (Lipinski definition) is 10. The van der Waals surface area contributed by atoms with Gasteiger partial charge in [-0.05, 0) is 48.5 Å². The van der Waals surface area contributed by atoms with Gasteiger partial charge in [-0.15, -0.1) is 0 Å². The van der Waals surface area contributed by atoms with Crippen molar-refractivity contribution >= 4 is 90.9 Å². The Morgan fingerprint density at radius 1 is 0.426 bits per heavy atom. The van der Waals surface area contributed by atoms with Crippen LogP contribution in [0.15, 0.2) is 84.9 Å². The average Bonchev–Trinajstić information content (AvgIpc) is 3.18. The number of nitrogens with zero attached hydrogens (tertiary/aromatic N) is 4. The Morgan fingerprint density at radius 2 is 0.685 bits per heavy atom. The Morgan fingerprint density at radius 3 is 0.963 bits per heavy atom. The molecule has 0 radical (unpaired) electrons. The van der Waals surface area contributed by atoms with Gasteiger partial charge >= 0.3 is 11.9 Å². The van der Waals surface area contributed by atoms with Crippen molar-refractivity contribution in [2.75, 3.05) is 44.7 Å². The molecule has 0 aliphatic carbocycles. The first-order valence-corrected chi connectivity index (χ1v) is 20.7. The van der Waals surface area contributed by atoms with E-state index in [1.165, 1.54) is 92.4 Å². The van der Waals surface area contributed by atoms with Crippen LogP contribution >= 0.6 is 33.5 Å². The third-order valence-electron chi connectivity index (χ3n) is 7.96. The fourth-order valence-corrected chi connectivity index (χ4v) is 8.31. The summed E-state index contributed by atoms with van der Waals surface area (Å²) in [5.74, 6) is -2.94. The summed E-state index contributed by atoms with van der Waals surface area (Å²) in [6, 6.07) is 20.3. The fourth-order valence-electron chi connectivity index (χ4n) is 5.94. The number of anilines is 8. The standard InChI is InChI=1S/C30H32N4O16P4/c35-29(36)19-7-5-13-25-27(19)33(17-53(45)49-41)23-11-3-4-12-24(23)34(18-54(46)50-42)28-20(30(37)38)8-6-14-26(28)32(16-52(44)48-40)22-10-2-1-9-21(22)31(25)15-51(43)47-39/h1-14,39-46H,15-18H2,(H,35,36)(H,37,38). The third-order valence-corrected chi connectivity index (χ3v) is 10.8. The minimum atomic E-state index is -2.77. The highest BCUT2D eigenvalue weighted by Gasteiger charge is 2.36. The summed E-state index contributed by atoms with van der Waals surface area (Å²) >= 11 is 0. The third kappa shape index (κ3) is 8.87. The maximum atomic E-state index is 13.0. The fraction of sp³-hybridized carbons (Fsp3) is 0.133. The average molecular weight is 828 g/mol. The predicted octanol–water partition coefficient (Wildman–Crippen LogP) is 6.95. The van der Waals surface area contributed by atoms with Crippen LogP contribution in [-0.4, -0.2) is 87.9 Å². The molecule has 0 saturated heterocycles. The minimum absolute atomic E-state index is 0.0106. The first-order chi connectivity index (χ1) is 25.9. The maximum Gasteiger partial charge on any atom is 0.337 e. The molecule has 24 heteroatoms. The SMILES string of the molecule is O=C(O)c1cccc2c1N(CP(O)OO)c1ccccc1N(CP(O)OO)c1c(C(=O)O)cccc1N(CP(O)OO)c1ccccc1N2CP(O)OO. The molecule has 1 aliphatic rings. The van der Waals surface area contributed by atoms with Crippen molar-refractivity contribution in [2.24, 2.45) is 0 Å². The lowest BCUT2D eigenvalue weighted by Gasteiger charge is -2.41. The second-order valence-corrected chi connectivity index (χ2v) is 15.5. The van der Waals surface area contributed by atoms with Gasteiger partial charge in [0.25, 0.3) is 0 Å². The van der Waals surface area contributed by atoms with Crippen LogP contribution in [-0.2, 0) is 18.7 Å². The largest absolute Gasteiger partial charge is 0.478 e. The summed E-state index contributed by atoms with van der Waals surface area (Å²) in [6.07, 6.45) is -2.37. The number of carboxylic acids is 2. The molecule has 4 aromatic carbocycles. The Kier molecular flexibility index (Phi) is 14.4. The molecule has 1 aliphatic heterocycles. The van der Waals surface area contributed by atoms with Crippen molar-refractivity contribution in [1.82, 2.24) is 0 Å². The van der Waals surface area contributed by atoms with Gasteiger partial charge in [-0.3, -0.25) is 0 Å². The van der Waals surface area contributed by atoms with Crippen LogP contribution in [0.1, 0.15) is 20.7 Å². The molecule has 5 rings (SSSR count). The number of hydrogen-bond acceptors (Lipinski definition) is 18. The van der Waals surface area contributed by atoms with Crippen molar-refractivity contribution in [2.45, 2.75) is 0 Å². The van der Waals surface area contributed by atoms with Crippen LogP contribution in [0, 0.1) is 0 Å². The minimum Gasteiger partial charge on any atom is -0.478 e. The Labute approximate surface area is 310 Å². The zero-order valence-electron chi connectivity index (χ0n) is 27.4. The van der Waals surface area contributed by atoms with Gasteiger partial charge in [0.2, 0.25) is 33.5 Å². The topological polar surface area (TPSA) is 286 Å². The van der Waals surface area contributed by atoms with Crippen LogP contribution in [0.3, 0.4) is 0 Å². The molecule has 4 atom stereocenters. The van der Waals surface area contributed by atoms with E-state index in [4.69, 9.17) is 0 Å². The molecule has 20 nitrogen and oxygen atoms in total. The highest BCUT2D eigenvalue weighted by molar-refractivity contribution is 7.47. The molecular weight excluding hydrogens is 796 g/mol. The summed E-state index contributed by atoms with van der Waals surface area (Å²) in [4.78, 5) is 74.5. The number of fused-ring (bicyclic) bond motifs is 4. The summed E-state index contributed by atoms with van der Waals surface area (Å²) in [6.45, 7) is 0. The van der Waals surface area contributed by atoms with Crippen LogP contribution in [0.5, 0.6) is 0 Å². The first-order valence-electron chi connectivity index (χ1n) is 15.1. The number of carbonyl (C=O) groups is 2. The molecule has 0 bridgehead atoms. The van der Waals surface area contributed by atoms with Gasteiger partial charge in [-0.1, -0.05) is 36.4 Å². The summed E-state index contributed by atoms with van der Waals surface area (Å²) in [5.41, 5.74) is -0.826. The summed E-state index contributed by atoms with van der Waals surface area (Å²) < 4.78 is 17.2. The van der Waals surface area contributed by atoms with Crippen molar-refractivity contribution in [3.05, 3.63) is 96.1 Å². The van der Waals surface area contributed by atoms with Crippen molar-refractivity contribution in [1.29, 1.82) is 0 Å². The molecule has 4 aromatic rings. The van der Waals surface area contributed by atoms with Crippen LogP contribution in [0.4, 0.5) is 45.5 Å². The van der Waals surface area contributed by atoms with Gasteiger partial charge < -0.3 is 49.4 Å². The molecule has 4 unspecified atom stereocenters. The van der Waals surface area contributed by atoms with Crippen molar-refractivity contribution in [3.8, 4) is 0 Å². The summed E-state index contributed by atoms with van der Waals surface area (Å²) in [7, 11) is -10.9. The van der Waals surface area contributed by atoms with Crippen molar-refractivity contribution in [3.63, 3.8) is 0 Å². The zero-order valence-corrected chi connectivity index (χ0v) is 31.0. The van der Waals surface area contributed by atoms with E-state index >= 15 is 0 Å². The molecular formula is C30H32N4O16P4. The van der Waals surface area contributed by atoms with Crippen LogP contribution < -0.4 is 19.6 Å². The molecule has 10 N–H and O–H groups in total. The Bertz CT molecular complexity index is 1820. The number of rotatable bonds is 14. The first kappa shape index (κ1) is 41.4. The lowest BCUT2D eigenvalue weighted by Crippen LogP contribution is -2.31. The van der Waals surface area contributed by atoms with Gasteiger partial charge in [-0.2, -0.15) is 18.7 Å². The monoisotopic (exact) mass is 828 g/mol. The lowest BCUT2D eigenvalue weighted by atomic mass is 10.0. The smallest absolute Gasteiger partial charge is 0.337 e. The van der Waals surface area contributed by atoms with E-state index in [2.05, 4.69) is 18.7 Å².